The standard InChI is InChI=1S/C27H24FN3O/c28-23-13-11-22(12-14-23)27-24-18-30(19-26(32)21-9-5-2-6-10-21)16-15-25(24)31(29-27)17-20-7-3-1-4-8-20/h1-14H,15-19H2. The molecule has 0 bridgehead atoms. The smallest absolute Gasteiger partial charge is 0.176 e. The normalized spacial score (nSPS) is 13.7. The number of hydrogen-bond donors (Lipinski definition) is 0. The molecule has 0 unspecified atom stereocenters. The molecule has 4 nitrogen and oxygen atoms in total. The van der Waals surface area contributed by atoms with Crippen molar-refractivity contribution in [3.8, 4) is 11.3 Å². The minimum absolute atomic E-state index is 0.119. The third-order valence-electron chi connectivity index (χ3n) is 5.97. The predicted molar refractivity (Wildman–Crippen MR) is 123 cm³/mol. The number of fused-ring (bicyclic) bond motifs is 1. The van der Waals surface area contributed by atoms with Crippen LogP contribution < -0.4 is 0 Å². The topological polar surface area (TPSA) is 38.1 Å². The van der Waals surface area contributed by atoms with Crippen molar-refractivity contribution in [3.05, 3.63) is 113 Å². The summed E-state index contributed by atoms with van der Waals surface area (Å²) in [5, 5.41) is 4.94. The fourth-order valence-electron chi connectivity index (χ4n) is 4.33. The van der Waals surface area contributed by atoms with Crippen LogP contribution in [0.25, 0.3) is 11.3 Å². The molecule has 0 amide bonds. The molecule has 4 aromatic rings. The van der Waals surface area contributed by atoms with Gasteiger partial charge in [0, 0.05) is 41.9 Å². The van der Waals surface area contributed by atoms with Crippen LogP contribution >= 0.6 is 0 Å². The van der Waals surface area contributed by atoms with Crippen molar-refractivity contribution in [2.45, 2.75) is 19.5 Å². The maximum atomic E-state index is 13.5. The first-order valence-electron chi connectivity index (χ1n) is 10.9. The number of nitrogens with zero attached hydrogens (tertiary/aromatic N) is 3. The van der Waals surface area contributed by atoms with Crippen molar-refractivity contribution in [1.29, 1.82) is 0 Å². The molecule has 1 aliphatic heterocycles. The summed E-state index contributed by atoms with van der Waals surface area (Å²) < 4.78 is 15.6. The Morgan fingerprint density at radius 1 is 0.906 bits per heavy atom. The van der Waals surface area contributed by atoms with E-state index in [9.17, 15) is 9.18 Å². The van der Waals surface area contributed by atoms with Gasteiger partial charge in [0.2, 0.25) is 0 Å². The molecule has 0 N–H and O–H groups in total. The van der Waals surface area contributed by atoms with Crippen molar-refractivity contribution in [1.82, 2.24) is 14.7 Å². The van der Waals surface area contributed by atoms with Gasteiger partial charge in [0.25, 0.3) is 0 Å². The molecule has 5 heteroatoms. The maximum absolute atomic E-state index is 13.5. The third kappa shape index (κ3) is 4.25. The highest BCUT2D eigenvalue weighted by atomic mass is 19.1. The second kappa shape index (κ2) is 8.89. The van der Waals surface area contributed by atoms with Gasteiger partial charge in [-0.3, -0.25) is 14.4 Å². The van der Waals surface area contributed by atoms with Gasteiger partial charge < -0.3 is 0 Å². The van der Waals surface area contributed by atoms with Gasteiger partial charge >= 0.3 is 0 Å². The molecule has 2 heterocycles. The zero-order valence-electron chi connectivity index (χ0n) is 17.7. The Kier molecular flexibility index (Phi) is 5.65. The number of carbonyl (C=O) groups excluding carboxylic acids is 1. The van der Waals surface area contributed by atoms with Crippen LogP contribution in [0.3, 0.4) is 0 Å². The molecule has 0 saturated carbocycles. The van der Waals surface area contributed by atoms with E-state index in [1.807, 2.05) is 48.5 Å². The number of halogens is 1. The van der Waals surface area contributed by atoms with Crippen molar-refractivity contribution in [2.75, 3.05) is 13.1 Å². The van der Waals surface area contributed by atoms with Crippen LogP contribution in [0, 0.1) is 5.82 Å². The molecular formula is C27H24FN3O. The van der Waals surface area contributed by atoms with E-state index in [-0.39, 0.29) is 11.6 Å². The second-order valence-corrected chi connectivity index (χ2v) is 8.17. The van der Waals surface area contributed by atoms with Crippen LogP contribution in [0.5, 0.6) is 0 Å². The predicted octanol–water partition coefficient (Wildman–Crippen LogP) is 4.98. The highest BCUT2D eigenvalue weighted by Crippen LogP contribution is 2.31. The van der Waals surface area contributed by atoms with E-state index in [1.165, 1.54) is 23.4 Å². The number of ketones is 1. The van der Waals surface area contributed by atoms with Gasteiger partial charge in [0.15, 0.2) is 5.78 Å². The van der Waals surface area contributed by atoms with E-state index in [2.05, 4.69) is 21.7 Å². The molecular weight excluding hydrogens is 401 g/mol. The summed E-state index contributed by atoms with van der Waals surface area (Å²) in [5.41, 5.74) is 6.00. The zero-order chi connectivity index (χ0) is 21.9. The van der Waals surface area contributed by atoms with Gasteiger partial charge in [0.1, 0.15) is 5.82 Å². The molecule has 0 atom stereocenters. The van der Waals surface area contributed by atoms with Gasteiger partial charge in [-0.1, -0.05) is 60.7 Å². The van der Waals surface area contributed by atoms with Crippen molar-refractivity contribution in [3.63, 3.8) is 0 Å². The molecule has 0 saturated heterocycles. The van der Waals surface area contributed by atoms with Gasteiger partial charge in [-0.05, 0) is 29.8 Å². The zero-order valence-corrected chi connectivity index (χ0v) is 17.7. The Morgan fingerprint density at radius 3 is 2.31 bits per heavy atom. The average Bonchev–Trinajstić information content (AvgIpc) is 3.18. The summed E-state index contributed by atoms with van der Waals surface area (Å²) in [6.07, 6.45) is 0.818. The van der Waals surface area contributed by atoms with E-state index < -0.39 is 0 Å². The molecule has 32 heavy (non-hydrogen) atoms. The van der Waals surface area contributed by atoms with Crippen molar-refractivity contribution in [2.24, 2.45) is 0 Å². The first-order valence-corrected chi connectivity index (χ1v) is 10.9. The summed E-state index contributed by atoms with van der Waals surface area (Å²) in [4.78, 5) is 14.9. The number of benzene rings is 3. The fraction of sp³-hybridized carbons (Fsp3) is 0.185. The Hall–Kier alpha value is -3.57. The van der Waals surface area contributed by atoms with E-state index in [0.717, 1.165) is 35.3 Å². The molecule has 5 rings (SSSR count). The molecule has 3 aromatic carbocycles. The molecule has 0 radical (unpaired) electrons. The number of aromatic nitrogens is 2. The van der Waals surface area contributed by atoms with E-state index >= 15 is 0 Å². The lowest BCUT2D eigenvalue weighted by molar-refractivity contribution is 0.0921. The average molecular weight is 426 g/mol. The van der Waals surface area contributed by atoms with Crippen LogP contribution in [0.1, 0.15) is 27.2 Å². The number of Topliss-reactive ketones (excluding diaryl/α,β-unsaturated/α-hetero) is 1. The summed E-state index contributed by atoms with van der Waals surface area (Å²) in [5.74, 6) is -0.143. The fourth-order valence-corrected chi connectivity index (χ4v) is 4.33. The molecule has 1 aromatic heterocycles. The molecule has 0 fully saturated rings. The maximum Gasteiger partial charge on any atom is 0.176 e. The SMILES string of the molecule is O=C(CN1CCc2c(c(-c3ccc(F)cc3)nn2Cc2ccccc2)C1)c1ccccc1. The van der Waals surface area contributed by atoms with Crippen LogP contribution in [0.2, 0.25) is 0 Å². The Labute approximate surface area is 186 Å². The monoisotopic (exact) mass is 425 g/mol. The highest BCUT2D eigenvalue weighted by Gasteiger charge is 2.27. The van der Waals surface area contributed by atoms with E-state index in [0.29, 0.717) is 19.6 Å². The Balaban J connectivity index is 1.46. The number of carbonyl (C=O) groups is 1. The lowest BCUT2D eigenvalue weighted by atomic mass is 10.00. The summed E-state index contributed by atoms with van der Waals surface area (Å²) in [6, 6.07) is 26.2. The van der Waals surface area contributed by atoms with Crippen LogP contribution in [-0.4, -0.2) is 33.6 Å². The third-order valence-corrected chi connectivity index (χ3v) is 5.97. The summed E-state index contributed by atoms with van der Waals surface area (Å²) >= 11 is 0. The van der Waals surface area contributed by atoms with Crippen LogP contribution in [0.15, 0.2) is 84.9 Å². The highest BCUT2D eigenvalue weighted by molar-refractivity contribution is 5.97. The van der Waals surface area contributed by atoms with E-state index in [1.54, 1.807) is 12.1 Å². The van der Waals surface area contributed by atoms with E-state index in [4.69, 9.17) is 5.10 Å². The number of hydrogen-bond acceptors (Lipinski definition) is 3. The molecule has 1 aliphatic rings. The summed E-state index contributed by atoms with van der Waals surface area (Å²) in [6.45, 7) is 2.51. The van der Waals surface area contributed by atoms with Crippen LogP contribution in [0.4, 0.5) is 4.39 Å². The molecule has 0 aliphatic carbocycles. The van der Waals surface area contributed by atoms with Gasteiger partial charge in [-0.2, -0.15) is 5.10 Å². The summed E-state index contributed by atoms with van der Waals surface area (Å²) in [7, 11) is 0. The van der Waals surface area contributed by atoms with Gasteiger partial charge in [0.05, 0.1) is 18.8 Å². The lowest BCUT2D eigenvalue weighted by Gasteiger charge is -2.27. The Morgan fingerprint density at radius 2 is 1.59 bits per heavy atom. The lowest BCUT2D eigenvalue weighted by Crippen LogP contribution is -2.35. The second-order valence-electron chi connectivity index (χ2n) is 8.17. The first-order chi connectivity index (χ1) is 15.7. The molecule has 160 valence electrons. The quantitative estimate of drug-likeness (QED) is 0.409. The van der Waals surface area contributed by atoms with Gasteiger partial charge in [-0.15, -0.1) is 0 Å². The van der Waals surface area contributed by atoms with Crippen molar-refractivity contribution < 1.29 is 9.18 Å². The van der Waals surface area contributed by atoms with Gasteiger partial charge in [-0.25, -0.2) is 4.39 Å². The minimum Gasteiger partial charge on any atom is -0.293 e. The number of rotatable bonds is 6. The van der Waals surface area contributed by atoms with Crippen molar-refractivity contribution >= 4 is 5.78 Å². The molecule has 0 spiro atoms. The van der Waals surface area contributed by atoms with Crippen LogP contribution in [-0.2, 0) is 19.5 Å². The largest absolute Gasteiger partial charge is 0.293 e. The minimum atomic E-state index is -0.263. The Bertz CT molecular complexity index is 1220. The first kappa shape index (κ1) is 20.3.